The van der Waals surface area contributed by atoms with Gasteiger partial charge in [0.05, 0.1) is 18.0 Å². The molecule has 0 spiro atoms. The third-order valence-electron chi connectivity index (χ3n) is 11.5. The Morgan fingerprint density at radius 2 is 1.66 bits per heavy atom. The van der Waals surface area contributed by atoms with E-state index < -0.39 is 47.7 Å². The molecule has 53 heavy (non-hydrogen) atoms. The lowest BCUT2D eigenvalue weighted by Gasteiger charge is -2.39. The van der Waals surface area contributed by atoms with Crippen LogP contribution in [0.2, 0.25) is 0 Å². The van der Waals surface area contributed by atoms with E-state index in [0.29, 0.717) is 30.3 Å². The Labute approximate surface area is 308 Å². The number of carboxylic acid groups (broad SMARTS) is 1. The number of alkyl halides is 3. The number of aromatic nitrogens is 1. The number of likely N-dealkylation sites (N-methyl/N-ethyl adjacent to an activating group) is 1. The van der Waals surface area contributed by atoms with E-state index in [2.05, 4.69) is 22.2 Å². The van der Waals surface area contributed by atoms with Crippen molar-refractivity contribution in [1.29, 1.82) is 0 Å². The number of hydrogen-bond acceptors (Lipinski definition) is 5. The number of nitrogens with one attached hydrogen (secondary N) is 1. The Morgan fingerprint density at radius 3 is 2.26 bits per heavy atom. The average Bonchev–Trinajstić information content (AvgIpc) is 3.60. The van der Waals surface area contributed by atoms with Gasteiger partial charge in [0.2, 0.25) is 5.91 Å². The zero-order valence-electron chi connectivity index (χ0n) is 31.2. The molecule has 1 aliphatic carbocycles. The van der Waals surface area contributed by atoms with Crippen LogP contribution in [0.5, 0.6) is 0 Å². The van der Waals surface area contributed by atoms with Crippen LogP contribution in [0, 0.1) is 25.6 Å². The summed E-state index contributed by atoms with van der Waals surface area (Å²) < 4.78 is 58.5. The predicted molar refractivity (Wildman–Crippen MR) is 195 cm³/mol. The molecule has 6 rings (SSSR count). The molecule has 0 radical (unpaired) electrons. The molecule has 3 heterocycles. The van der Waals surface area contributed by atoms with Gasteiger partial charge >= 0.3 is 12.1 Å². The van der Waals surface area contributed by atoms with Crippen molar-refractivity contribution in [3.8, 4) is 11.1 Å². The Balaban J connectivity index is 1.34. The van der Waals surface area contributed by atoms with E-state index in [4.69, 9.17) is 0 Å². The topological polar surface area (TPSA) is 94.9 Å². The van der Waals surface area contributed by atoms with Crippen molar-refractivity contribution in [2.24, 2.45) is 5.92 Å². The smallest absolute Gasteiger partial charge is 0.416 e. The summed E-state index contributed by atoms with van der Waals surface area (Å²) in [5.41, 5.74) is 3.90. The van der Waals surface area contributed by atoms with Gasteiger partial charge in [0, 0.05) is 44.0 Å². The van der Waals surface area contributed by atoms with Crippen molar-refractivity contribution < 1.29 is 32.3 Å². The lowest BCUT2D eigenvalue weighted by atomic mass is 9.87. The van der Waals surface area contributed by atoms with Crippen molar-refractivity contribution in [3.63, 3.8) is 0 Å². The summed E-state index contributed by atoms with van der Waals surface area (Å²) in [6.07, 6.45) is 0.754. The SMILES string of the molecule is Cc1cc(F)cc(C)c1-c1cc(C(CC(=O)O)NC(=O)C(CC(C)C)n2cc(CCN3CC4CCC(C3)N4C)c(C(F)(F)F)cc2=O)cc2c1CCC2. The lowest BCUT2D eigenvalue weighted by Crippen LogP contribution is -2.52. The molecule has 2 N–H and O–H groups in total. The highest BCUT2D eigenvalue weighted by Gasteiger charge is 2.39. The highest BCUT2D eigenvalue weighted by atomic mass is 19.4. The number of carbonyl (C=O) groups is 2. The van der Waals surface area contributed by atoms with Crippen molar-refractivity contribution >= 4 is 11.9 Å². The molecular formula is C41H50F4N4O4. The minimum atomic E-state index is -4.76. The van der Waals surface area contributed by atoms with Crippen molar-refractivity contribution in [2.75, 3.05) is 26.7 Å². The van der Waals surface area contributed by atoms with Crippen molar-refractivity contribution in [1.82, 2.24) is 19.7 Å². The first-order chi connectivity index (χ1) is 25.0. The maximum Gasteiger partial charge on any atom is 0.416 e. The number of fused-ring (bicyclic) bond motifs is 3. The van der Waals surface area contributed by atoms with Crippen LogP contribution in [-0.4, -0.2) is 70.1 Å². The molecule has 1 amide bonds. The van der Waals surface area contributed by atoms with Crippen LogP contribution in [-0.2, 0) is 35.0 Å². The van der Waals surface area contributed by atoms with E-state index in [0.717, 1.165) is 83.1 Å². The van der Waals surface area contributed by atoms with Gasteiger partial charge in [0.15, 0.2) is 0 Å². The van der Waals surface area contributed by atoms with Gasteiger partial charge in [0.1, 0.15) is 11.9 Å². The molecular weight excluding hydrogens is 688 g/mol. The first-order valence-electron chi connectivity index (χ1n) is 18.7. The predicted octanol–water partition coefficient (Wildman–Crippen LogP) is 7.02. The summed E-state index contributed by atoms with van der Waals surface area (Å²) in [5.74, 6) is -2.28. The standard InChI is InChI=1S/C41H50F4N4O4/c1-23(2)13-36(49-20-27(34(18-37(49)50)41(43,44)45)11-12-48-21-30-9-10-31(22-48)47(30)5)40(53)46-35(19-38(51)52)28-16-26-7-6-8-32(26)33(17-28)39-24(3)14-29(42)15-25(39)4/h14-18,20,23,30-31,35-36H,6-13,19,21-22H2,1-5H3,(H,46,53)(H,51,52). The number of aryl methyl sites for hydroxylation is 3. The number of halogens is 4. The van der Waals surface area contributed by atoms with Crippen LogP contribution in [0.25, 0.3) is 11.1 Å². The third-order valence-corrected chi connectivity index (χ3v) is 11.5. The molecule has 3 aromatic rings. The molecule has 2 bridgehead atoms. The maximum atomic E-state index is 14.4. The fourth-order valence-electron chi connectivity index (χ4n) is 8.94. The van der Waals surface area contributed by atoms with Gasteiger partial charge in [-0.1, -0.05) is 19.9 Å². The van der Waals surface area contributed by atoms with E-state index >= 15 is 0 Å². The van der Waals surface area contributed by atoms with Crippen LogP contribution < -0.4 is 10.9 Å². The molecule has 4 unspecified atom stereocenters. The quantitative estimate of drug-likeness (QED) is 0.194. The maximum absolute atomic E-state index is 14.4. The number of hydrogen-bond donors (Lipinski definition) is 2. The largest absolute Gasteiger partial charge is 0.481 e. The zero-order chi connectivity index (χ0) is 38.4. The van der Waals surface area contributed by atoms with E-state index in [1.54, 1.807) is 0 Å². The molecule has 2 aromatic carbocycles. The summed E-state index contributed by atoms with van der Waals surface area (Å²) in [6, 6.07) is 5.86. The number of pyridine rings is 1. The third kappa shape index (κ3) is 8.38. The Kier molecular flexibility index (Phi) is 11.2. The summed E-state index contributed by atoms with van der Waals surface area (Å²) in [5, 5.41) is 12.9. The van der Waals surface area contributed by atoms with Crippen LogP contribution in [0.4, 0.5) is 17.6 Å². The van der Waals surface area contributed by atoms with Crippen LogP contribution >= 0.6 is 0 Å². The van der Waals surface area contributed by atoms with E-state index in [1.165, 1.54) is 18.3 Å². The average molecular weight is 739 g/mol. The van der Waals surface area contributed by atoms with E-state index in [1.807, 2.05) is 39.8 Å². The number of aliphatic carboxylic acids is 1. The molecule has 2 saturated heterocycles. The number of nitrogens with zero attached hydrogens (tertiary/aromatic N) is 3. The van der Waals surface area contributed by atoms with Gasteiger partial charge in [-0.15, -0.1) is 0 Å². The van der Waals surface area contributed by atoms with E-state index in [9.17, 15) is 37.1 Å². The number of piperazine rings is 1. The summed E-state index contributed by atoms with van der Waals surface area (Å²) in [7, 11) is 2.09. The van der Waals surface area contributed by atoms with Gasteiger partial charge < -0.3 is 15.0 Å². The van der Waals surface area contributed by atoms with Crippen LogP contribution in [0.15, 0.2) is 41.3 Å². The fraction of sp³-hybridized carbons (Fsp3) is 0.537. The second-order valence-electron chi connectivity index (χ2n) is 15.8. The van der Waals surface area contributed by atoms with Crippen molar-refractivity contribution in [2.45, 2.75) is 109 Å². The number of rotatable bonds is 12. The van der Waals surface area contributed by atoms with E-state index in [-0.39, 0.29) is 30.1 Å². The van der Waals surface area contributed by atoms with Crippen LogP contribution in [0.1, 0.15) is 97.0 Å². The summed E-state index contributed by atoms with van der Waals surface area (Å²) in [6.45, 7) is 9.29. The molecule has 2 aliphatic heterocycles. The van der Waals surface area contributed by atoms with Gasteiger partial charge in [-0.3, -0.25) is 24.2 Å². The number of carbonyl (C=O) groups excluding carboxylic acids is 1. The number of benzene rings is 2. The Morgan fingerprint density at radius 1 is 1.00 bits per heavy atom. The van der Waals surface area contributed by atoms with Gasteiger partial charge in [-0.25, -0.2) is 4.39 Å². The van der Waals surface area contributed by atoms with Crippen LogP contribution in [0.3, 0.4) is 0 Å². The minimum absolute atomic E-state index is 0.0516. The Hall–Kier alpha value is -4.03. The molecule has 286 valence electrons. The molecule has 2 fully saturated rings. The zero-order valence-corrected chi connectivity index (χ0v) is 31.2. The number of likely N-dealkylation sites (tertiary alicyclic amines) is 1. The molecule has 3 aliphatic rings. The second-order valence-corrected chi connectivity index (χ2v) is 15.8. The molecule has 4 atom stereocenters. The minimum Gasteiger partial charge on any atom is -0.481 e. The van der Waals surface area contributed by atoms with Gasteiger partial charge in [-0.2, -0.15) is 13.2 Å². The first kappa shape index (κ1) is 38.7. The highest BCUT2D eigenvalue weighted by Crippen LogP contribution is 2.40. The molecule has 1 aromatic heterocycles. The highest BCUT2D eigenvalue weighted by molar-refractivity contribution is 5.82. The first-order valence-corrected chi connectivity index (χ1v) is 18.7. The summed E-state index contributed by atoms with van der Waals surface area (Å²) in [4.78, 5) is 44.6. The lowest BCUT2D eigenvalue weighted by molar-refractivity contribution is -0.139. The fourth-order valence-corrected chi connectivity index (χ4v) is 8.94. The Bertz CT molecular complexity index is 1900. The van der Waals surface area contributed by atoms with Gasteiger partial charge in [0.25, 0.3) is 5.56 Å². The monoisotopic (exact) mass is 738 g/mol. The second kappa shape index (κ2) is 15.4. The molecule has 12 heteroatoms. The molecule has 8 nitrogen and oxygen atoms in total. The summed E-state index contributed by atoms with van der Waals surface area (Å²) >= 11 is 0. The number of amides is 1. The molecule has 0 saturated carbocycles. The normalized spacial score (nSPS) is 20.1. The van der Waals surface area contributed by atoms with Crippen molar-refractivity contribution in [3.05, 3.63) is 91.6 Å². The van der Waals surface area contributed by atoms with Gasteiger partial charge in [-0.05, 0) is 134 Å². The number of carboxylic acids is 1.